The van der Waals surface area contributed by atoms with Crippen LogP contribution in [0.25, 0.3) is 11.1 Å². The predicted octanol–water partition coefficient (Wildman–Crippen LogP) is 3.01. The lowest BCUT2D eigenvalue weighted by Gasteiger charge is -2.22. The lowest BCUT2D eigenvalue weighted by Crippen LogP contribution is -2.26. The highest BCUT2D eigenvalue weighted by atomic mass is 127. The highest BCUT2D eigenvalue weighted by Crippen LogP contribution is 2.19. The highest BCUT2D eigenvalue weighted by molar-refractivity contribution is 14.1. The van der Waals surface area contributed by atoms with Crippen molar-refractivity contribution in [1.82, 2.24) is 4.57 Å². The molecule has 0 spiro atoms. The third kappa shape index (κ3) is 2.77. The molecular weight excluding hydrogens is 345 g/mol. The van der Waals surface area contributed by atoms with Gasteiger partial charge in [0.1, 0.15) is 0 Å². The molecule has 0 saturated heterocycles. The summed E-state index contributed by atoms with van der Waals surface area (Å²) in [4.78, 5) is 11.8. The summed E-state index contributed by atoms with van der Waals surface area (Å²) in [5.41, 5.74) is 1.24. The molecule has 98 valence electrons. The molecule has 0 aliphatic rings. The summed E-state index contributed by atoms with van der Waals surface area (Å²) < 4.78 is 13.3. The smallest absolute Gasteiger partial charge is 0.408 e. The van der Waals surface area contributed by atoms with Crippen LogP contribution in [0.15, 0.2) is 27.4 Å². The maximum Gasteiger partial charge on any atom is 0.419 e. The second-order valence-corrected chi connectivity index (χ2v) is 6.09. The molecule has 0 atom stereocenters. The van der Waals surface area contributed by atoms with Crippen molar-refractivity contribution < 1.29 is 9.15 Å². The molecule has 0 radical (unpaired) electrons. The zero-order chi connectivity index (χ0) is 13.3. The molecule has 5 heteroatoms. The molecule has 2 aromatic rings. The molecule has 1 aromatic carbocycles. The van der Waals surface area contributed by atoms with Gasteiger partial charge in [0.25, 0.3) is 0 Å². The van der Waals surface area contributed by atoms with E-state index in [2.05, 4.69) is 22.6 Å². The molecule has 0 bridgehead atoms. The number of oxazole rings is 1. The standard InChI is InChI=1S/C13H16INO3/c1-13(2,17-3)6-7-15-10-5-4-9(14)8-11(10)18-12(15)16/h4-5,8H,6-7H2,1-3H3. The third-order valence-electron chi connectivity index (χ3n) is 3.12. The van der Waals surface area contributed by atoms with Gasteiger partial charge < -0.3 is 9.15 Å². The summed E-state index contributed by atoms with van der Waals surface area (Å²) in [7, 11) is 1.68. The van der Waals surface area contributed by atoms with Crippen molar-refractivity contribution in [2.24, 2.45) is 0 Å². The van der Waals surface area contributed by atoms with Crippen LogP contribution in [0, 0.1) is 3.57 Å². The molecule has 18 heavy (non-hydrogen) atoms. The number of aromatic nitrogens is 1. The van der Waals surface area contributed by atoms with Crippen LogP contribution in [0.2, 0.25) is 0 Å². The molecular formula is C13H16INO3. The number of halogens is 1. The Balaban J connectivity index is 2.34. The molecule has 0 fully saturated rings. The number of aryl methyl sites for hydroxylation is 1. The number of ether oxygens (including phenoxy) is 1. The predicted molar refractivity (Wildman–Crippen MR) is 78.9 cm³/mol. The zero-order valence-electron chi connectivity index (χ0n) is 10.7. The number of fused-ring (bicyclic) bond motifs is 1. The highest BCUT2D eigenvalue weighted by Gasteiger charge is 2.18. The van der Waals surface area contributed by atoms with E-state index in [-0.39, 0.29) is 11.4 Å². The first-order valence-electron chi connectivity index (χ1n) is 5.77. The maximum atomic E-state index is 11.8. The van der Waals surface area contributed by atoms with Gasteiger partial charge >= 0.3 is 5.76 Å². The van der Waals surface area contributed by atoms with Gasteiger partial charge in [-0.25, -0.2) is 4.79 Å². The monoisotopic (exact) mass is 361 g/mol. The Morgan fingerprint density at radius 2 is 2.17 bits per heavy atom. The maximum absolute atomic E-state index is 11.8. The summed E-state index contributed by atoms with van der Waals surface area (Å²) in [5.74, 6) is -0.307. The minimum Gasteiger partial charge on any atom is -0.408 e. The van der Waals surface area contributed by atoms with E-state index in [1.807, 2.05) is 32.0 Å². The number of hydrogen-bond acceptors (Lipinski definition) is 3. The van der Waals surface area contributed by atoms with Gasteiger partial charge in [0.05, 0.1) is 11.1 Å². The van der Waals surface area contributed by atoms with Crippen molar-refractivity contribution in [3.63, 3.8) is 0 Å². The first-order valence-corrected chi connectivity index (χ1v) is 6.85. The van der Waals surface area contributed by atoms with Gasteiger partial charge in [-0.2, -0.15) is 0 Å². The quantitative estimate of drug-likeness (QED) is 0.787. The summed E-state index contributed by atoms with van der Waals surface area (Å²) in [5, 5.41) is 0. The Labute approximate surface area is 119 Å². The molecule has 0 amide bonds. The van der Waals surface area contributed by atoms with Crippen molar-refractivity contribution in [2.45, 2.75) is 32.4 Å². The Morgan fingerprint density at radius 3 is 2.83 bits per heavy atom. The fraction of sp³-hybridized carbons (Fsp3) is 0.462. The largest absolute Gasteiger partial charge is 0.419 e. The summed E-state index contributed by atoms with van der Waals surface area (Å²) >= 11 is 2.20. The van der Waals surface area contributed by atoms with E-state index in [4.69, 9.17) is 9.15 Å². The Hall–Kier alpha value is -0.820. The molecule has 0 saturated carbocycles. The topological polar surface area (TPSA) is 44.4 Å². The zero-order valence-corrected chi connectivity index (χ0v) is 12.9. The second kappa shape index (κ2) is 5.05. The van der Waals surface area contributed by atoms with Crippen molar-refractivity contribution in [1.29, 1.82) is 0 Å². The van der Waals surface area contributed by atoms with Crippen LogP contribution in [0.3, 0.4) is 0 Å². The van der Waals surface area contributed by atoms with Crippen molar-refractivity contribution in [3.8, 4) is 0 Å². The number of rotatable bonds is 4. The van der Waals surface area contributed by atoms with Crippen LogP contribution in [-0.4, -0.2) is 17.3 Å². The third-order valence-corrected chi connectivity index (χ3v) is 3.79. The van der Waals surface area contributed by atoms with Crippen LogP contribution in [0.5, 0.6) is 0 Å². The Morgan fingerprint density at radius 1 is 1.44 bits per heavy atom. The fourth-order valence-corrected chi connectivity index (χ4v) is 2.20. The molecule has 0 N–H and O–H groups in total. The molecule has 0 aliphatic carbocycles. The van der Waals surface area contributed by atoms with Crippen LogP contribution >= 0.6 is 22.6 Å². The van der Waals surface area contributed by atoms with Crippen molar-refractivity contribution >= 4 is 33.7 Å². The van der Waals surface area contributed by atoms with Crippen LogP contribution in [-0.2, 0) is 11.3 Å². The minimum atomic E-state index is -0.307. The summed E-state index contributed by atoms with van der Waals surface area (Å²) in [6.07, 6.45) is 0.754. The molecule has 1 heterocycles. The van der Waals surface area contributed by atoms with E-state index in [9.17, 15) is 4.79 Å². The average molecular weight is 361 g/mol. The van der Waals surface area contributed by atoms with Gasteiger partial charge in [-0.15, -0.1) is 0 Å². The van der Waals surface area contributed by atoms with Gasteiger partial charge in [0.15, 0.2) is 5.58 Å². The lowest BCUT2D eigenvalue weighted by atomic mass is 10.1. The van der Waals surface area contributed by atoms with Crippen LogP contribution < -0.4 is 5.76 Å². The fourth-order valence-electron chi connectivity index (χ4n) is 1.74. The number of hydrogen-bond donors (Lipinski definition) is 0. The van der Waals surface area contributed by atoms with Crippen LogP contribution in [0.4, 0.5) is 0 Å². The summed E-state index contributed by atoms with van der Waals surface area (Å²) in [6.45, 7) is 4.60. The average Bonchev–Trinajstić information content (AvgIpc) is 2.61. The lowest BCUT2D eigenvalue weighted by molar-refractivity contribution is 0.0119. The first-order chi connectivity index (χ1) is 8.43. The van der Waals surface area contributed by atoms with Gasteiger partial charge in [0, 0.05) is 17.2 Å². The SMILES string of the molecule is COC(C)(C)CCn1c(=O)oc2cc(I)ccc21. The van der Waals surface area contributed by atoms with E-state index >= 15 is 0 Å². The normalized spacial score (nSPS) is 12.2. The number of benzene rings is 1. The first kappa shape index (κ1) is 13.6. The Bertz CT molecular complexity index is 612. The van der Waals surface area contributed by atoms with Crippen LogP contribution in [0.1, 0.15) is 20.3 Å². The van der Waals surface area contributed by atoms with Gasteiger partial charge in [0.2, 0.25) is 0 Å². The number of methoxy groups -OCH3 is 1. The molecule has 0 unspecified atom stereocenters. The summed E-state index contributed by atoms with van der Waals surface area (Å²) in [6, 6.07) is 5.76. The number of nitrogens with zero attached hydrogens (tertiary/aromatic N) is 1. The second-order valence-electron chi connectivity index (χ2n) is 4.85. The van der Waals surface area contributed by atoms with Crippen molar-refractivity contribution in [2.75, 3.05) is 7.11 Å². The van der Waals surface area contributed by atoms with E-state index < -0.39 is 0 Å². The van der Waals surface area contributed by atoms with Crippen molar-refractivity contribution in [3.05, 3.63) is 32.3 Å². The molecule has 2 rings (SSSR count). The molecule has 1 aromatic heterocycles. The molecule has 0 aliphatic heterocycles. The van der Waals surface area contributed by atoms with E-state index in [0.29, 0.717) is 12.1 Å². The van der Waals surface area contributed by atoms with E-state index in [0.717, 1.165) is 15.5 Å². The van der Waals surface area contributed by atoms with Gasteiger partial charge in [-0.1, -0.05) is 0 Å². The Kier molecular flexibility index (Phi) is 3.82. The van der Waals surface area contributed by atoms with E-state index in [1.165, 1.54) is 0 Å². The van der Waals surface area contributed by atoms with Gasteiger partial charge in [-0.05, 0) is 61.1 Å². The molecule has 4 nitrogen and oxygen atoms in total. The minimum absolute atomic E-state index is 0.244. The van der Waals surface area contributed by atoms with Gasteiger partial charge in [-0.3, -0.25) is 4.57 Å². The van der Waals surface area contributed by atoms with E-state index in [1.54, 1.807) is 11.7 Å².